The first-order valence-electron chi connectivity index (χ1n) is 24.6. The van der Waals surface area contributed by atoms with Crippen LogP contribution in [0.25, 0.3) is 0 Å². The molecule has 19 nitrogen and oxygen atoms in total. The van der Waals surface area contributed by atoms with Crippen LogP contribution in [0.3, 0.4) is 0 Å². The Hall–Kier alpha value is -2.15. The van der Waals surface area contributed by atoms with Crippen molar-refractivity contribution in [2.75, 3.05) is 13.2 Å². The average Bonchev–Trinajstić information content (AvgIpc) is 3.28. The van der Waals surface area contributed by atoms with Crippen molar-refractivity contribution < 1.29 is 90.6 Å². The molecule has 0 aromatic rings. The second-order valence-corrected chi connectivity index (χ2v) is 20.8. The average molecular weight is 1050 g/mol. The third-order valence-corrected chi connectivity index (χ3v) is 12.8. The number of esters is 2. The largest absolute Gasteiger partial charge is 0.472 e. The van der Waals surface area contributed by atoms with Gasteiger partial charge in [0.05, 0.1) is 6.61 Å². The maximum atomic E-state index is 13.1. The monoisotopic (exact) mass is 1040 g/mol. The van der Waals surface area contributed by atoms with Gasteiger partial charge >= 0.3 is 35.4 Å². The molecule has 1 aliphatic rings. The fourth-order valence-corrected chi connectivity index (χ4v) is 9.25. The van der Waals surface area contributed by atoms with Gasteiger partial charge < -0.3 is 49.3 Å². The number of hydrogen-bond acceptors (Lipinski definition) is 14. The van der Waals surface area contributed by atoms with Gasteiger partial charge in [-0.3, -0.25) is 27.7 Å². The predicted octanol–water partition coefficient (Wildman–Crippen LogP) is 9.18. The molecule has 0 amide bonds. The van der Waals surface area contributed by atoms with Gasteiger partial charge in [-0.15, -0.1) is 0 Å². The molecule has 0 aliphatic heterocycles. The van der Waals surface area contributed by atoms with Gasteiger partial charge in [0.25, 0.3) is 0 Å². The summed E-state index contributed by atoms with van der Waals surface area (Å²) in [5.41, 5.74) is 0. The summed E-state index contributed by atoms with van der Waals surface area (Å²) in [6.07, 6.45) is 26.6. The Labute approximate surface area is 409 Å². The lowest BCUT2D eigenvalue weighted by molar-refractivity contribution is -0.213. The number of carbonyl (C=O) groups is 2. The summed E-state index contributed by atoms with van der Waals surface area (Å²) in [5.74, 6) is -1.33. The Morgan fingerprint density at radius 3 is 1.38 bits per heavy atom. The number of aliphatic hydroxyl groups is 3. The normalized spacial score (nSPS) is 21.8. The molecule has 0 bridgehead atoms. The van der Waals surface area contributed by atoms with Crippen molar-refractivity contribution in [2.45, 2.75) is 211 Å². The molecule has 1 saturated carbocycles. The molecule has 1 fully saturated rings. The lowest BCUT2D eigenvalue weighted by Gasteiger charge is -2.44. The van der Waals surface area contributed by atoms with Crippen molar-refractivity contribution in [3.8, 4) is 0 Å². The third kappa shape index (κ3) is 34.8. The Morgan fingerprint density at radius 1 is 0.478 bits per heavy atom. The second-order valence-electron chi connectivity index (χ2n) is 17.0. The number of hydrogen-bond donors (Lipinski definition) is 8. The minimum atomic E-state index is -5.61. The van der Waals surface area contributed by atoms with Crippen LogP contribution in [0.15, 0.2) is 60.8 Å². The number of unbranched alkanes of at least 4 members (excludes halogenated alkanes) is 15. The van der Waals surface area contributed by atoms with E-state index in [0.29, 0.717) is 12.8 Å². The number of ether oxygens (including phenoxy) is 2. The van der Waals surface area contributed by atoms with Crippen LogP contribution in [0.4, 0.5) is 0 Å². The molecule has 5 unspecified atom stereocenters. The zero-order chi connectivity index (χ0) is 51.4. The molecule has 22 heteroatoms. The van der Waals surface area contributed by atoms with Crippen LogP contribution in [0.1, 0.15) is 168 Å². The van der Waals surface area contributed by atoms with E-state index in [1.54, 1.807) is 0 Å². The first-order valence-corrected chi connectivity index (χ1v) is 29.1. The van der Waals surface area contributed by atoms with Crippen molar-refractivity contribution in [3.63, 3.8) is 0 Å². The minimum absolute atomic E-state index is 0.0150. The van der Waals surface area contributed by atoms with E-state index in [2.05, 4.69) is 83.7 Å². The Kier molecular flexibility index (Phi) is 36.2. The number of allylic oxidation sites excluding steroid dienone is 10. The highest BCUT2D eigenvalue weighted by Gasteiger charge is 2.56. The molecule has 8 N–H and O–H groups in total. The van der Waals surface area contributed by atoms with E-state index in [4.69, 9.17) is 18.5 Å². The second kappa shape index (κ2) is 38.5. The maximum Gasteiger partial charge on any atom is 0.472 e. The summed E-state index contributed by atoms with van der Waals surface area (Å²) in [4.78, 5) is 73.3. The molecule has 0 spiro atoms. The van der Waals surface area contributed by atoms with Crippen LogP contribution >= 0.6 is 23.5 Å². The van der Waals surface area contributed by atoms with Crippen LogP contribution in [-0.2, 0) is 50.9 Å². The van der Waals surface area contributed by atoms with E-state index in [1.165, 1.54) is 25.7 Å². The van der Waals surface area contributed by atoms with Gasteiger partial charge in [-0.05, 0) is 77.0 Å². The lowest BCUT2D eigenvalue weighted by atomic mass is 9.85. The SMILES string of the molecule is CC/C=C\C/C=C\C/C=C\C/C=C\CCCCCCC(=O)OC[C@H](COP(=O)(O)O[C@H]1C(O)C(O)C(OP(=O)(O)O)[C@@H](OP(=O)(O)O)C1O)OC(=O)CCCCCCCCC/C=C\CCCCCC. The third-order valence-electron chi connectivity index (χ3n) is 10.8. The quantitative estimate of drug-likeness (QED) is 0.0122. The highest BCUT2D eigenvalue weighted by Crippen LogP contribution is 2.51. The summed E-state index contributed by atoms with van der Waals surface area (Å²) in [6.45, 7) is 2.80. The minimum Gasteiger partial charge on any atom is -0.462 e. The Balaban J connectivity index is 2.73. The van der Waals surface area contributed by atoms with Gasteiger partial charge in [0.1, 0.15) is 43.2 Å². The molecule has 69 heavy (non-hydrogen) atoms. The number of carbonyl (C=O) groups excluding carboxylic acids is 2. The fourth-order valence-electron chi connectivity index (χ4n) is 7.16. The van der Waals surface area contributed by atoms with Crippen molar-refractivity contribution in [1.82, 2.24) is 0 Å². The van der Waals surface area contributed by atoms with Gasteiger partial charge in [-0.25, -0.2) is 13.7 Å². The first kappa shape index (κ1) is 64.9. The smallest absolute Gasteiger partial charge is 0.462 e. The zero-order valence-corrected chi connectivity index (χ0v) is 43.3. The Morgan fingerprint density at radius 2 is 0.884 bits per heavy atom. The molecule has 0 aromatic heterocycles. The Bertz CT molecular complexity index is 1670. The van der Waals surface area contributed by atoms with E-state index < -0.39 is 91.3 Å². The number of aliphatic hydroxyl groups excluding tert-OH is 3. The van der Waals surface area contributed by atoms with E-state index >= 15 is 0 Å². The van der Waals surface area contributed by atoms with Gasteiger partial charge in [0, 0.05) is 12.8 Å². The fraction of sp³-hybridized carbons (Fsp3) is 0.745. The molecule has 8 atom stereocenters. The van der Waals surface area contributed by atoms with Crippen LogP contribution in [-0.4, -0.2) is 108 Å². The number of phosphoric acid groups is 3. The lowest BCUT2D eigenvalue weighted by Crippen LogP contribution is -2.65. The number of phosphoric ester groups is 3. The number of rotatable bonds is 41. The maximum absolute atomic E-state index is 13.1. The molecule has 0 saturated heterocycles. The van der Waals surface area contributed by atoms with Gasteiger partial charge in [0.2, 0.25) is 0 Å². The summed E-state index contributed by atoms with van der Waals surface area (Å²) >= 11 is 0. The van der Waals surface area contributed by atoms with Crippen molar-refractivity contribution >= 4 is 35.4 Å². The van der Waals surface area contributed by atoms with Gasteiger partial charge in [0.15, 0.2) is 6.10 Å². The molecule has 1 aliphatic carbocycles. The highest BCUT2D eigenvalue weighted by molar-refractivity contribution is 7.47. The first-order chi connectivity index (χ1) is 32.8. The molecule has 0 aromatic carbocycles. The molecule has 400 valence electrons. The molecule has 0 heterocycles. The van der Waals surface area contributed by atoms with E-state index in [0.717, 1.165) is 103 Å². The van der Waals surface area contributed by atoms with E-state index in [-0.39, 0.29) is 12.8 Å². The van der Waals surface area contributed by atoms with E-state index in [9.17, 15) is 63.1 Å². The van der Waals surface area contributed by atoms with Crippen molar-refractivity contribution in [1.29, 1.82) is 0 Å². The van der Waals surface area contributed by atoms with Gasteiger partial charge in [-0.2, -0.15) is 0 Å². The zero-order valence-electron chi connectivity index (χ0n) is 40.6. The summed E-state index contributed by atoms with van der Waals surface area (Å²) in [5, 5.41) is 31.9. The van der Waals surface area contributed by atoms with Crippen LogP contribution < -0.4 is 0 Å². The van der Waals surface area contributed by atoms with Crippen LogP contribution in [0, 0.1) is 0 Å². The van der Waals surface area contributed by atoms with E-state index in [1.807, 2.05) is 0 Å². The topological polar surface area (TPSA) is 303 Å². The van der Waals surface area contributed by atoms with Crippen LogP contribution in [0.5, 0.6) is 0 Å². The van der Waals surface area contributed by atoms with Gasteiger partial charge in [-0.1, -0.05) is 139 Å². The predicted molar refractivity (Wildman–Crippen MR) is 261 cm³/mol. The summed E-state index contributed by atoms with van der Waals surface area (Å²) in [7, 11) is -16.6. The summed E-state index contributed by atoms with van der Waals surface area (Å²) < 4.78 is 65.5. The summed E-state index contributed by atoms with van der Waals surface area (Å²) in [6, 6.07) is 0. The molecule has 1 rings (SSSR count). The molecular weight excluding hydrogens is 961 g/mol. The standard InChI is InChI=1S/C47H83O19P3/c1-3-5-7-9-11-13-15-17-19-20-22-23-25-27-29-31-33-35-40(48)61-37-39(63-41(49)36-34-32-30-28-26-24-21-18-16-14-12-10-8-6-4-2)38-62-69(59,60)66-45-42(50)43(51)46(64-67(53,54)55)47(44(45)52)65-68(56,57)58/h5,7,11,13-14,16-17,19,22-23,39,42-47,50-52H,3-4,6,8-10,12,15,18,20-21,24-38H2,1-2H3,(H,59,60)(H2,53,54,55)(H2,56,57,58)/b7-5-,13-11-,16-14-,19-17-,23-22-/t39-,42?,43?,44?,45+,46?,47+/m1/s1. The molecular formula is C47H83O19P3. The van der Waals surface area contributed by atoms with Crippen molar-refractivity contribution in [3.05, 3.63) is 60.8 Å². The van der Waals surface area contributed by atoms with Crippen molar-refractivity contribution in [2.24, 2.45) is 0 Å². The highest BCUT2D eigenvalue weighted by atomic mass is 31.2. The molecule has 0 radical (unpaired) electrons. The van der Waals surface area contributed by atoms with Crippen LogP contribution in [0.2, 0.25) is 0 Å².